The van der Waals surface area contributed by atoms with Crippen LogP contribution in [0.4, 0.5) is 5.69 Å². The fraction of sp³-hybridized carbons (Fsp3) is 0.714. The molecular weight excluding hydrogens is 567 g/mol. The second-order valence-corrected chi connectivity index (χ2v) is 12.9. The second kappa shape index (κ2) is 18.2. The molecule has 0 spiro atoms. The Morgan fingerprint density at radius 3 is 2.21 bits per heavy atom. The van der Waals surface area contributed by atoms with Crippen LogP contribution in [0.3, 0.4) is 0 Å². The van der Waals surface area contributed by atoms with Crippen LogP contribution in [0.25, 0.3) is 11.0 Å². The van der Waals surface area contributed by atoms with Crippen LogP contribution in [0, 0.1) is 0 Å². The van der Waals surface area contributed by atoms with Gasteiger partial charge < -0.3 is 24.6 Å². The number of nitrogens with two attached hydrogens (primary N) is 1. The van der Waals surface area contributed by atoms with E-state index in [-0.39, 0.29) is 19.6 Å². The molecule has 0 aliphatic rings. The van der Waals surface area contributed by atoms with Crippen molar-refractivity contribution in [2.45, 2.75) is 83.7 Å². The van der Waals surface area contributed by atoms with E-state index in [1.807, 2.05) is 33.3 Å². The highest BCUT2D eigenvalue weighted by Crippen LogP contribution is 2.43. The van der Waals surface area contributed by atoms with Gasteiger partial charge in [0.1, 0.15) is 25.3 Å². The van der Waals surface area contributed by atoms with Crippen LogP contribution >= 0.6 is 7.82 Å². The number of phosphoric ester groups is 1. The summed E-state index contributed by atoms with van der Waals surface area (Å²) in [5.74, 6) is -1.04. The summed E-state index contributed by atoms with van der Waals surface area (Å²) in [5, 5.41) is 7.83. The van der Waals surface area contributed by atoms with E-state index in [0.717, 1.165) is 68.9 Å². The van der Waals surface area contributed by atoms with Crippen molar-refractivity contribution in [3.05, 3.63) is 17.7 Å². The van der Waals surface area contributed by atoms with Gasteiger partial charge in [0, 0.05) is 13.3 Å². The zero-order valence-corrected chi connectivity index (χ0v) is 26.3. The number of hydrogen-bond donors (Lipinski definition) is 2. The summed E-state index contributed by atoms with van der Waals surface area (Å²) < 4.78 is 37.7. The number of esters is 2. The van der Waals surface area contributed by atoms with E-state index >= 15 is 0 Å². The Hall–Kier alpha value is -2.57. The fourth-order valence-corrected chi connectivity index (χ4v) is 4.92. The molecule has 2 rings (SSSR count). The number of fused-ring (bicyclic) bond motifs is 1. The zero-order valence-electron chi connectivity index (χ0n) is 25.4. The number of likely N-dealkylation sites (N-methyl/N-ethyl adjacent to an activating group) is 1. The molecule has 0 radical (unpaired) electrons. The van der Waals surface area contributed by atoms with E-state index in [1.165, 1.54) is 6.92 Å². The molecule has 3 N–H and O–H groups in total. The SMILES string of the molecule is CC(=O)OC[C@H](COP(=O)(O)OCC[N+](C)(C)C)OC(=O)CCCCCCCCCCCc1ccc(N)c2nonc12. The number of anilines is 1. The van der Waals surface area contributed by atoms with Gasteiger partial charge >= 0.3 is 19.8 Å². The number of nitrogens with zero attached hydrogens (tertiary/aromatic N) is 3. The molecule has 2 aromatic rings. The molecule has 0 aliphatic heterocycles. The third kappa shape index (κ3) is 15.1. The van der Waals surface area contributed by atoms with Gasteiger partial charge in [0.25, 0.3) is 0 Å². The van der Waals surface area contributed by atoms with E-state index in [0.29, 0.717) is 28.7 Å². The maximum absolute atomic E-state index is 12.3. The molecule has 0 saturated heterocycles. The third-order valence-corrected chi connectivity index (χ3v) is 7.55. The summed E-state index contributed by atoms with van der Waals surface area (Å²) in [7, 11) is 1.42. The first-order chi connectivity index (χ1) is 19.9. The first kappa shape index (κ1) is 35.6. The lowest BCUT2D eigenvalue weighted by molar-refractivity contribution is -0.870. The molecule has 2 atom stereocenters. The molecule has 13 nitrogen and oxygen atoms in total. The monoisotopic (exact) mass is 615 g/mol. The van der Waals surface area contributed by atoms with Gasteiger partial charge in [0.2, 0.25) is 0 Å². The summed E-state index contributed by atoms with van der Waals surface area (Å²) in [6.07, 6.45) is 9.45. The van der Waals surface area contributed by atoms with Crippen molar-refractivity contribution >= 4 is 36.5 Å². The summed E-state index contributed by atoms with van der Waals surface area (Å²) in [4.78, 5) is 33.4. The predicted octanol–water partition coefficient (Wildman–Crippen LogP) is 4.56. The first-order valence-electron chi connectivity index (χ1n) is 14.6. The minimum atomic E-state index is -4.35. The topological polar surface area (TPSA) is 173 Å². The Morgan fingerprint density at radius 2 is 1.57 bits per heavy atom. The van der Waals surface area contributed by atoms with Gasteiger partial charge in [-0.15, -0.1) is 0 Å². The number of aromatic nitrogens is 2. The minimum absolute atomic E-state index is 0.0157. The van der Waals surface area contributed by atoms with Crippen LogP contribution in [0.1, 0.15) is 76.7 Å². The number of carbonyl (C=O) groups excluding carboxylic acids is 2. The van der Waals surface area contributed by atoms with E-state index in [4.69, 9.17) is 28.9 Å². The lowest BCUT2D eigenvalue weighted by Crippen LogP contribution is -2.37. The maximum atomic E-state index is 12.3. The van der Waals surface area contributed by atoms with Gasteiger partial charge in [0.05, 0.1) is 33.4 Å². The van der Waals surface area contributed by atoms with Crippen molar-refractivity contribution in [3.8, 4) is 0 Å². The van der Waals surface area contributed by atoms with Gasteiger partial charge in [-0.1, -0.05) is 51.0 Å². The normalized spacial score (nSPS) is 14.0. The Morgan fingerprint density at radius 1 is 0.952 bits per heavy atom. The molecule has 1 unspecified atom stereocenters. The van der Waals surface area contributed by atoms with Crippen LogP contribution in [0.2, 0.25) is 0 Å². The number of ether oxygens (including phenoxy) is 2. The molecule has 0 bridgehead atoms. The predicted molar refractivity (Wildman–Crippen MR) is 157 cm³/mol. The number of rotatable bonds is 22. The summed E-state index contributed by atoms with van der Waals surface area (Å²) >= 11 is 0. The number of quaternary nitrogens is 1. The lowest BCUT2D eigenvalue weighted by Gasteiger charge is -2.24. The number of aryl methyl sites for hydroxylation is 1. The van der Waals surface area contributed by atoms with E-state index in [1.54, 1.807) is 0 Å². The first-order valence-corrected chi connectivity index (χ1v) is 16.1. The lowest BCUT2D eigenvalue weighted by atomic mass is 10.0. The van der Waals surface area contributed by atoms with Gasteiger partial charge in [0.15, 0.2) is 11.6 Å². The molecule has 1 heterocycles. The van der Waals surface area contributed by atoms with Crippen LogP contribution in [-0.2, 0) is 39.1 Å². The van der Waals surface area contributed by atoms with Crippen LogP contribution < -0.4 is 5.73 Å². The molecular formula is C28H48N4O9P+. The fourth-order valence-electron chi connectivity index (χ4n) is 4.18. The molecule has 0 fully saturated rings. The number of hydrogen-bond acceptors (Lipinski definition) is 11. The molecule has 1 aromatic heterocycles. The van der Waals surface area contributed by atoms with Crippen molar-refractivity contribution in [3.63, 3.8) is 0 Å². The standard InChI is InChI=1S/C28H47N4O9P/c1-22(33)37-20-24(21-39-42(35,36)38-19-18-32(2,3)4)40-26(34)15-13-11-9-7-5-6-8-10-12-14-23-16-17-25(29)28-27(23)30-41-31-28/h16-17,24H,5-15,18-21H2,1-4H3,(H2-,29,30,35,36)/p+1/t24-/m1/s1. The van der Waals surface area contributed by atoms with Crippen LogP contribution in [-0.4, -0.2) is 85.2 Å². The van der Waals surface area contributed by atoms with Crippen molar-refractivity contribution in [1.29, 1.82) is 0 Å². The summed E-state index contributed by atoms with van der Waals surface area (Å²) in [6, 6.07) is 3.84. The molecule has 0 amide bonds. The van der Waals surface area contributed by atoms with Gasteiger partial charge in [-0.25, -0.2) is 9.19 Å². The number of phosphoric acid groups is 1. The smallest absolute Gasteiger partial charge is 0.462 e. The van der Waals surface area contributed by atoms with Crippen molar-refractivity contribution < 1.29 is 46.7 Å². The van der Waals surface area contributed by atoms with Crippen molar-refractivity contribution in [2.24, 2.45) is 0 Å². The number of benzene rings is 1. The van der Waals surface area contributed by atoms with Gasteiger partial charge in [-0.3, -0.25) is 18.6 Å². The highest BCUT2D eigenvalue weighted by atomic mass is 31.2. The summed E-state index contributed by atoms with van der Waals surface area (Å²) in [6.45, 7) is 1.03. The maximum Gasteiger partial charge on any atom is 0.472 e. The third-order valence-electron chi connectivity index (χ3n) is 6.57. The Balaban J connectivity index is 1.55. The largest absolute Gasteiger partial charge is 0.472 e. The summed E-state index contributed by atoms with van der Waals surface area (Å²) in [5.41, 5.74) is 8.96. The van der Waals surface area contributed by atoms with Crippen molar-refractivity contribution in [2.75, 3.05) is 53.2 Å². The Labute approximate surface area is 248 Å². The highest BCUT2D eigenvalue weighted by Gasteiger charge is 2.26. The molecule has 0 aliphatic carbocycles. The number of unbranched alkanes of at least 4 members (excludes halogenated alkanes) is 8. The average molecular weight is 616 g/mol. The van der Waals surface area contributed by atoms with Gasteiger partial charge in [-0.2, -0.15) is 0 Å². The van der Waals surface area contributed by atoms with Crippen LogP contribution in [0.5, 0.6) is 0 Å². The molecule has 0 saturated carbocycles. The van der Waals surface area contributed by atoms with Gasteiger partial charge in [-0.05, 0) is 41.2 Å². The minimum Gasteiger partial charge on any atom is -0.462 e. The van der Waals surface area contributed by atoms with E-state index in [2.05, 4.69) is 10.3 Å². The zero-order chi connectivity index (χ0) is 31.0. The van der Waals surface area contributed by atoms with Crippen LogP contribution in [0.15, 0.2) is 16.8 Å². The second-order valence-electron chi connectivity index (χ2n) is 11.5. The quantitative estimate of drug-likeness (QED) is 0.0622. The van der Waals surface area contributed by atoms with Crippen molar-refractivity contribution in [1.82, 2.24) is 10.3 Å². The average Bonchev–Trinajstić information content (AvgIpc) is 3.40. The van der Waals surface area contributed by atoms with E-state index < -0.39 is 32.5 Å². The Bertz CT molecular complexity index is 1150. The molecule has 1 aromatic carbocycles. The highest BCUT2D eigenvalue weighted by molar-refractivity contribution is 7.47. The molecule has 14 heteroatoms. The van der Waals surface area contributed by atoms with E-state index in [9.17, 15) is 19.0 Å². The molecule has 238 valence electrons. The molecule has 42 heavy (non-hydrogen) atoms. The Kier molecular flexibility index (Phi) is 15.4. The number of nitrogen functional groups attached to an aromatic ring is 1. The number of carbonyl (C=O) groups is 2.